The third kappa shape index (κ3) is 2.79. The Morgan fingerprint density at radius 1 is 1.42 bits per heavy atom. The molecular weight excluding hydrogens is 246 g/mol. The lowest BCUT2D eigenvalue weighted by molar-refractivity contribution is 0.0696. The van der Waals surface area contributed by atoms with Crippen molar-refractivity contribution in [3.05, 3.63) is 48.0 Å². The molecule has 0 aliphatic carbocycles. The zero-order valence-electron chi connectivity index (χ0n) is 10.3. The number of carbonyl (C=O) groups excluding carboxylic acids is 1. The number of hydrogen-bond donors (Lipinski definition) is 2. The van der Waals surface area contributed by atoms with Crippen molar-refractivity contribution in [2.75, 3.05) is 5.32 Å². The van der Waals surface area contributed by atoms with Gasteiger partial charge in [-0.05, 0) is 25.1 Å². The maximum atomic E-state index is 12.0. The third-order valence-electron chi connectivity index (χ3n) is 2.65. The molecule has 1 amide bonds. The summed E-state index contributed by atoms with van der Waals surface area (Å²) in [6.07, 6.45) is 4.44. The van der Waals surface area contributed by atoms with Crippen molar-refractivity contribution in [1.82, 2.24) is 9.55 Å². The van der Waals surface area contributed by atoms with Crippen LogP contribution in [0.15, 0.2) is 36.8 Å². The van der Waals surface area contributed by atoms with Gasteiger partial charge in [0.2, 0.25) is 0 Å². The number of aromatic carboxylic acids is 1. The van der Waals surface area contributed by atoms with Gasteiger partial charge in [-0.1, -0.05) is 0 Å². The van der Waals surface area contributed by atoms with E-state index in [0.717, 1.165) is 0 Å². The van der Waals surface area contributed by atoms with E-state index in [1.165, 1.54) is 18.5 Å². The number of rotatable bonds is 4. The molecule has 0 fully saturated rings. The Balaban J connectivity index is 2.19. The van der Waals surface area contributed by atoms with E-state index in [2.05, 4.69) is 10.3 Å². The van der Waals surface area contributed by atoms with Gasteiger partial charge in [0, 0.05) is 18.9 Å². The predicted octanol–water partition coefficient (Wildman–Crippen LogP) is 1.85. The molecule has 0 aliphatic heterocycles. The van der Waals surface area contributed by atoms with E-state index >= 15 is 0 Å². The van der Waals surface area contributed by atoms with E-state index in [0.29, 0.717) is 17.9 Å². The second-order valence-electron chi connectivity index (χ2n) is 3.90. The lowest BCUT2D eigenvalue weighted by Crippen LogP contribution is -2.16. The van der Waals surface area contributed by atoms with Gasteiger partial charge in [0.05, 0.1) is 17.4 Å². The zero-order valence-corrected chi connectivity index (χ0v) is 10.3. The molecule has 0 spiro atoms. The second kappa shape index (κ2) is 5.34. The number of hydrogen-bond acceptors (Lipinski definition) is 3. The average Bonchev–Trinajstić information content (AvgIpc) is 2.87. The highest BCUT2D eigenvalue weighted by atomic mass is 16.4. The molecule has 0 radical (unpaired) electrons. The number of aryl methyl sites for hydroxylation is 1. The largest absolute Gasteiger partial charge is 0.478 e. The lowest BCUT2D eigenvalue weighted by Gasteiger charge is -2.07. The number of pyridine rings is 1. The van der Waals surface area contributed by atoms with Crippen LogP contribution in [0.4, 0.5) is 5.69 Å². The van der Waals surface area contributed by atoms with Crippen LogP contribution in [0.3, 0.4) is 0 Å². The van der Waals surface area contributed by atoms with Gasteiger partial charge in [-0.15, -0.1) is 0 Å². The van der Waals surface area contributed by atoms with Crippen LogP contribution in [0.2, 0.25) is 0 Å². The third-order valence-corrected chi connectivity index (χ3v) is 2.65. The van der Waals surface area contributed by atoms with Crippen LogP contribution in [0, 0.1) is 0 Å². The summed E-state index contributed by atoms with van der Waals surface area (Å²) in [5.41, 5.74) is 0.903. The van der Waals surface area contributed by atoms with E-state index in [4.69, 9.17) is 5.11 Å². The number of carbonyl (C=O) groups is 2. The Kier molecular flexibility index (Phi) is 3.61. The number of nitrogens with one attached hydrogen (secondary N) is 1. The second-order valence-corrected chi connectivity index (χ2v) is 3.90. The molecule has 0 saturated carbocycles. The van der Waals surface area contributed by atoms with E-state index in [1.807, 2.05) is 6.92 Å². The molecule has 2 aromatic rings. The van der Waals surface area contributed by atoms with Crippen LogP contribution in [0.25, 0.3) is 0 Å². The molecule has 0 saturated heterocycles. The minimum absolute atomic E-state index is 0.0312. The molecular formula is C13H13N3O3. The van der Waals surface area contributed by atoms with Crippen molar-refractivity contribution in [3.8, 4) is 0 Å². The molecule has 6 nitrogen and oxygen atoms in total. The van der Waals surface area contributed by atoms with E-state index in [-0.39, 0.29) is 11.5 Å². The molecule has 0 bridgehead atoms. The number of anilines is 1. The number of aromatic nitrogens is 2. The summed E-state index contributed by atoms with van der Waals surface area (Å²) < 4.78 is 1.80. The fourth-order valence-corrected chi connectivity index (χ4v) is 1.72. The van der Waals surface area contributed by atoms with E-state index < -0.39 is 5.97 Å². The summed E-state index contributed by atoms with van der Waals surface area (Å²) in [5, 5.41) is 11.5. The topological polar surface area (TPSA) is 84.2 Å². The Hall–Kier alpha value is -2.63. The molecule has 19 heavy (non-hydrogen) atoms. The summed E-state index contributed by atoms with van der Waals surface area (Å²) in [7, 11) is 0. The first-order valence-corrected chi connectivity index (χ1v) is 5.76. The van der Waals surface area contributed by atoms with Crippen LogP contribution in [0.5, 0.6) is 0 Å². The summed E-state index contributed by atoms with van der Waals surface area (Å²) in [5.74, 6) is -1.38. The van der Waals surface area contributed by atoms with E-state index in [9.17, 15) is 9.59 Å². The average molecular weight is 259 g/mol. The van der Waals surface area contributed by atoms with Crippen LogP contribution < -0.4 is 5.32 Å². The Labute approximate surface area is 109 Å². The summed E-state index contributed by atoms with van der Waals surface area (Å²) in [6.45, 7) is 2.62. The van der Waals surface area contributed by atoms with Gasteiger partial charge in [-0.25, -0.2) is 4.79 Å². The first kappa shape index (κ1) is 12.8. The van der Waals surface area contributed by atoms with Crippen molar-refractivity contribution < 1.29 is 14.7 Å². The molecule has 6 heteroatoms. The number of nitrogens with zero attached hydrogens (tertiary/aromatic N) is 2. The highest BCUT2D eigenvalue weighted by Gasteiger charge is 2.11. The normalized spacial score (nSPS) is 10.2. The fraction of sp³-hybridized carbons (Fsp3) is 0.154. The standard InChI is InChI=1S/C13H13N3O3/c1-2-16-5-3-4-11(16)12(17)15-10-6-9(13(18)19)7-14-8-10/h3-8H,2H2,1H3,(H,15,17)(H,18,19). The molecule has 0 atom stereocenters. The van der Waals surface area contributed by atoms with Gasteiger partial charge >= 0.3 is 5.97 Å². The van der Waals surface area contributed by atoms with Crippen LogP contribution >= 0.6 is 0 Å². The minimum atomic E-state index is -1.08. The molecule has 2 heterocycles. The van der Waals surface area contributed by atoms with Crippen LogP contribution in [-0.4, -0.2) is 26.5 Å². The van der Waals surface area contributed by atoms with Crippen molar-refractivity contribution in [3.63, 3.8) is 0 Å². The molecule has 0 aromatic carbocycles. The van der Waals surface area contributed by atoms with Crippen LogP contribution in [-0.2, 0) is 6.54 Å². The minimum Gasteiger partial charge on any atom is -0.478 e. The quantitative estimate of drug-likeness (QED) is 0.877. The Morgan fingerprint density at radius 2 is 2.21 bits per heavy atom. The molecule has 0 aliphatic rings. The highest BCUT2D eigenvalue weighted by Crippen LogP contribution is 2.11. The molecule has 2 aromatic heterocycles. The summed E-state index contributed by atoms with van der Waals surface area (Å²) in [6, 6.07) is 4.85. The van der Waals surface area contributed by atoms with Gasteiger partial charge in [-0.2, -0.15) is 0 Å². The monoisotopic (exact) mass is 259 g/mol. The van der Waals surface area contributed by atoms with Crippen molar-refractivity contribution in [2.45, 2.75) is 13.5 Å². The van der Waals surface area contributed by atoms with Crippen molar-refractivity contribution >= 4 is 17.6 Å². The summed E-state index contributed by atoms with van der Waals surface area (Å²) >= 11 is 0. The first-order valence-electron chi connectivity index (χ1n) is 5.76. The molecule has 2 rings (SSSR count). The molecule has 2 N–H and O–H groups in total. The van der Waals surface area contributed by atoms with E-state index in [1.54, 1.807) is 22.9 Å². The SMILES string of the molecule is CCn1cccc1C(=O)Nc1cncc(C(=O)O)c1. The number of carboxylic acid groups (broad SMARTS) is 1. The van der Waals surface area contributed by atoms with Gasteiger partial charge < -0.3 is 15.0 Å². The number of amides is 1. The van der Waals surface area contributed by atoms with Crippen molar-refractivity contribution in [2.24, 2.45) is 0 Å². The maximum absolute atomic E-state index is 12.0. The fourth-order valence-electron chi connectivity index (χ4n) is 1.72. The molecule has 98 valence electrons. The predicted molar refractivity (Wildman–Crippen MR) is 69.3 cm³/mol. The zero-order chi connectivity index (χ0) is 13.8. The molecule has 0 unspecified atom stereocenters. The van der Waals surface area contributed by atoms with Crippen LogP contribution in [0.1, 0.15) is 27.8 Å². The summed E-state index contributed by atoms with van der Waals surface area (Å²) in [4.78, 5) is 26.6. The lowest BCUT2D eigenvalue weighted by atomic mass is 10.2. The Bertz CT molecular complexity index is 619. The highest BCUT2D eigenvalue weighted by molar-refractivity contribution is 6.03. The van der Waals surface area contributed by atoms with Gasteiger partial charge in [0.25, 0.3) is 5.91 Å². The van der Waals surface area contributed by atoms with Gasteiger partial charge in [0.1, 0.15) is 5.69 Å². The van der Waals surface area contributed by atoms with Crippen molar-refractivity contribution in [1.29, 1.82) is 0 Å². The Morgan fingerprint density at radius 3 is 2.89 bits per heavy atom. The smallest absolute Gasteiger partial charge is 0.337 e. The first-order chi connectivity index (χ1) is 9.11. The van der Waals surface area contributed by atoms with Gasteiger partial charge in [0.15, 0.2) is 0 Å². The number of carboxylic acids is 1. The maximum Gasteiger partial charge on any atom is 0.337 e. The van der Waals surface area contributed by atoms with Gasteiger partial charge in [-0.3, -0.25) is 9.78 Å².